The van der Waals surface area contributed by atoms with Gasteiger partial charge in [0.25, 0.3) is 0 Å². The summed E-state index contributed by atoms with van der Waals surface area (Å²) in [5.74, 6) is -0.637. The third kappa shape index (κ3) is 5.70. The monoisotopic (exact) mass is 284 g/mol. The fourth-order valence-electron chi connectivity index (χ4n) is 1.96. The van der Waals surface area contributed by atoms with Crippen LogP contribution in [-0.4, -0.2) is 56.9 Å². The fourth-order valence-corrected chi connectivity index (χ4v) is 2.58. The first-order chi connectivity index (χ1) is 7.44. The highest BCUT2D eigenvalue weighted by molar-refractivity contribution is 7.91. The topological polar surface area (TPSA) is 66.5 Å². The van der Waals surface area contributed by atoms with E-state index in [1.165, 1.54) is 0 Å². The van der Waals surface area contributed by atoms with Gasteiger partial charge in [-0.1, -0.05) is 6.92 Å². The molecule has 0 spiro atoms. The normalized spacial score (nSPS) is 19.8. The molecule has 0 saturated carbocycles. The number of hydrogen-bond acceptors (Lipinski definition) is 4. The smallest absolute Gasteiger partial charge is 0.238 e. The Balaban J connectivity index is 0.00000256. The van der Waals surface area contributed by atoms with E-state index in [0.717, 1.165) is 32.2 Å². The van der Waals surface area contributed by atoms with E-state index in [2.05, 4.69) is 5.32 Å². The summed E-state index contributed by atoms with van der Waals surface area (Å²) in [5, 5.41) is 3.19. The number of sulfone groups is 1. The van der Waals surface area contributed by atoms with E-state index in [9.17, 15) is 13.2 Å². The van der Waals surface area contributed by atoms with Crippen LogP contribution in [0.2, 0.25) is 0 Å². The Morgan fingerprint density at radius 2 is 2.12 bits per heavy atom. The minimum atomic E-state index is -3.23. The van der Waals surface area contributed by atoms with Crippen LogP contribution in [-0.2, 0) is 14.6 Å². The summed E-state index contributed by atoms with van der Waals surface area (Å²) < 4.78 is 22.2. The molecule has 1 heterocycles. The minimum Gasteiger partial charge on any atom is -0.338 e. The zero-order valence-electron chi connectivity index (χ0n) is 10.3. The van der Waals surface area contributed by atoms with Gasteiger partial charge in [-0.25, -0.2) is 8.42 Å². The van der Waals surface area contributed by atoms with Gasteiger partial charge in [-0.05, 0) is 19.4 Å². The summed E-state index contributed by atoms with van der Waals surface area (Å²) >= 11 is 0. The molecule has 0 radical (unpaired) electrons. The molecule has 1 fully saturated rings. The van der Waals surface area contributed by atoms with Crippen molar-refractivity contribution in [3.8, 4) is 0 Å². The molecule has 1 rings (SSSR count). The number of nitrogens with zero attached hydrogens (tertiary/aromatic N) is 1. The van der Waals surface area contributed by atoms with Gasteiger partial charge in [0.1, 0.15) is 5.75 Å². The highest BCUT2D eigenvalue weighted by atomic mass is 35.5. The van der Waals surface area contributed by atoms with Crippen LogP contribution < -0.4 is 5.32 Å². The van der Waals surface area contributed by atoms with Crippen LogP contribution in [0.25, 0.3) is 0 Å². The molecule has 7 heteroatoms. The van der Waals surface area contributed by atoms with E-state index in [0.29, 0.717) is 6.54 Å². The Morgan fingerprint density at radius 1 is 1.47 bits per heavy atom. The average Bonchev–Trinajstić information content (AvgIpc) is 2.63. The van der Waals surface area contributed by atoms with Crippen molar-refractivity contribution in [3.63, 3.8) is 0 Å². The first kappa shape index (κ1) is 16.7. The lowest BCUT2D eigenvalue weighted by molar-refractivity contribution is -0.130. The van der Waals surface area contributed by atoms with Crippen LogP contribution in [0.1, 0.15) is 19.8 Å². The molecule has 17 heavy (non-hydrogen) atoms. The van der Waals surface area contributed by atoms with Crippen molar-refractivity contribution in [1.29, 1.82) is 0 Å². The predicted octanol–water partition coefficient (Wildman–Crippen LogP) is 0.0533. The third-order valence-electron chi connectivity index (χ3n) is 2.65. The molecule has 5 nitrogen and oxygen atoms in total. The number of hydrogen-bond donors (Lipinski definition) is 1. The fraction of sp³-hybridized carbons (Fsp3) is 0.900. The standard InChI is InChI=1S/C10H20N2O3S.ClH/c1-3-6-12(9-4-5-11-7-9)10(13)8-16(2,14)15;/h9,11H,3-8H2,1-2H3;1H. The van der Waals surface area contributed by atoms with Gasteiger partial charge in [-0.15, -0.1) is 12.4 Å². The van der Waals surface area contributed by atoms with Gasteiger partial charge in [0.05, 0.1) is 0 Å². The number of carbonyl (C=O) groups excluding carboxylic acids is 1. The van der Waals surface area contributed by atoms with Crippen molar-refractivity contribution in [1.82, 2.24) is 10.2 Å². The van der Waals surface area contributed by atoms with Crippen LogP contribution in [0, 0.1) is 0 Å². The van der Waals surface area contributed by atoms with E-state index in [1.807, 2.05) is 6.92 Å². The summed E-state index contributed by atoms with van der Waals surface area (Å²) in [6.07, 6.45) is 2.86. The molecular weight excluding hydrogens is 264 g/mol. The molecule has 1 aliphatic heterocycles. The van der Waals surface area contributed by atoms with E-state index in [4.69, 9.17) is 0 Å². The Morgan fingerprint density at radius 3 is 2.53 bits per heavy atom. The van der Waals surface area contributed by atoms with Crippen molar-refractivity contribution < 1.29 is 13.2 Å². The lowest BCUT2D eigenvalue weighted by Gasteiger charge is -2.27. The SMILES string of the molecule is CCCN(C(=O)CS(C)(=O)=O)C1CCNC1.Cl. The van der Waals surface area contributed by atoms with Crippen molar-refractivity contribution in [3.05, 3.63) is 0 Å². The summed E-state index contributed by atoms with van der Waals surface area (Å²) in [5.41, 5.74) is 0. The first-order valence-corrected chi connectivity index (χ1v) is 7.68. The van der Waals surface area contributed by atoms with Gasteiger partial charge in [0.2, 0.25) is 5.91 Å². The molecule has 0 bridgehead atoms. The average molecular weight is 285 g/mol. The quantitative estimate of drug-likeness (QED) is 0.775. The highest BCUT2D eigenvalue weighted by Crippen LogP contribution is 2.10. The highest BCUT2D eigenvalue weighted by Gasteiger charge is 2.27. The van der Waals surface area contributed by atoms with Gasteiger partial charge >= 0.3 is 0 Å². The zero-order valence-corrected chi connectivity index (χ0v) is 11.9. The van der Waals surface area contributed by atoms with Crippen LogP contribution in [0.3, 0.4) is 0 Å². The predicted molar refractivity (Wildman–Crippen MR) is 70.2 cm³/mol. The van der Waals surface area contributed by atoms with E-state index >= 15 is 0 Å². The van der Waals surface area contributed by atoms with Gasteiger partial charge in [-0.2, -0.15) is 0 Å². The Bertz CT molecular complexity index is 339. The number of rotatable bonds is 5. The maximum atomic E-state index is 11.9. The third-order valence-corrected chi connectivity index (χ3v) is 3.42. The molecule has 1 N–H and O–H groups in total. The second-order valence-corrected chi connectivity index (χ2v) is 6.44. The second-order valence-electron chi connectivity index (χ2n) is 4.30. The van der Waals surface area contributed by atoms with Gasteiger partial charge in [0, 0.05) is 25.4 Å². The molecule has 1 aliphatic rings. The number of nitrogens with one attached hydrogen (secondary N) is 1. The van der Waals surface area contributed by atoms with Crippen molar-refractivity contribution in [2.75, 3.05) is 31.6 Å². The first-order valence-electron chi connectivity index (χ1n) is 5.62. The summed E-state index contributed by atoms with van der Waals surface area (Å²) in [6, 6.07) is 0.161. The van der Waals surface area contributed by atoms with E-state index in [-0.39, 0.29) is 30.1 Å². The maximum Gasteiger partial charge on any atom is 0.238 e. The van der Waals surface area contributed by atoms with Crippen LogP contribution in [0.4, 0.5) is 0 Å². The molecule has 0 aromatic carbocycles. The Kier molecular flexibility index (Phi) is 7.04. The second kappa shape index (κ2) is 7.18. The molecular formula is C10H21ClN2O3S. The summed E-state index contributed by atoms with van der Waals surface area (Å²) in [6.45, 7) is 4.30. The van der Waals surface area contributed by atoms with Crippen molar-refractivity contribution in [2.24, 2.45) is 0 Å². The van der Waals surface area contributed by atoms with E-state index < -0.39 is 9.84 Å². The van der Waals surface area contributed by atoms with Crippen molar-refractivity contribution >= 4 is 28.2 Å². The lowest BCUT2D eigenvalue weighted by atomic mass is 10.2. The molecule has 1 saturated heterocycles. The number of amides is 1. The van der Waals surface area contributed by atoms with Crippen LogP contribution in [0.15, 0.2) is 0 Å². The molecule has 0 aliphatic carbocycles. The summed E-state index contributed by atoms with van der Waals surface area (Å²) in [4.78, 5) is 13.6. The van der Waals surface area contributed by atoms with Gasteiger partial charge in [0.15, 0.2) is 9.84 Å². The molecule has 1 amide bonds. The molecule has 102 valence electrons. The van der Waals surface area contributed by atoms with Crippen molar-refractivity contribution in [2.45, 2.75) is 25.8 Å². The molecule has 1 atom stereocenters. The number of carbonyl (C=O) groups is 1. The maximum absolute atomic E-state index is 11.9. The lowest BCUT2D eigenvalue weighted by Crippen LogP contribution is -2.44. The van der Waals surface area contributed by atoms with Crippen LogP contribution in [0.5, 0.6) is 0 Å². The number of halogens is 1. The molecule has 0 aromatic heterocycles. The van der Waals surface area contributed by atoms with Crippen LogP contribution >= 0.6 is 12.4 Å². The minimum absolute atomic E-state index is 0. The van der Waals surface area contributed by atoms with E-state index in [1.54, 1.807) is 4.90 Å². The van der Waals surface area contributed by atoms with Gasteiger partial charge in [-0.3, -0.25) is 4.79 Å². The Labute approximate surface area is 109 Å². The summed E-state index contributed by atoms with van der Waals surface area (Å²) in [7, 11) is -3.23. The molecule has 1 unspecified atom stereocenters. The molecule has 0 aromatic rings. The zero-order chi connectivity index (χ0) is 12.2. The Hall–Kier alpha value is -0.330. The van der Waals surface area contributed by atoms with Gasteiger partial charge < -0.3 is 10.2 Å². The largest absolute Gasteiger partial charge is 0.338 e.